The molecule has 0 saturated carbocycles. The molecule has 0 saturated heterocycles. The number of nitro benzene ring substituents is 1. The van der Waals surface area contributed by atoms with Crippen molar-refractivity contribution in [1.29, 1.82) is 0 Å². The highest BCUT2D eigenvalue weighted by Crippen LogP contribution is 2.23. The van der Waals surface area contributed by atoms with Gasteiger partial charge in [-0.2, -0.15) is 4.98 Å². The molecule has 3 aromatic rings. The van der Waals surface area contributed by atoms with Crippen LogP contribution in [0.5, 0.6) is 0 Å². The second-order valence-electron chi connectivity index (χ2n) is 5.30. The first kappa shape index (κ1) is 16.8. The van der Waals surface area contributed by atoms with Crippen molar-refractivity contribution in [2.24, 2.45) is 0 Å². The predicted octanol–water partition coefficient (Wildman–Crippen LogP) is 3.59. The number of anilines is 1. The zero-order chi connectivity index (χ0) is 17.8. The molecule has 0 unspecified atom stereocenters. The average Bonchev–Trinajstić information content (AvgIpc) is 3.25. The summed E-state index contributed by atoms with van der Waals surface area (Å²) in [5.41, 5.74) is 0.886. The summed E-state index contributed by atoms with van der Waals surface area (Å²) in [6, 6.07) is 8.34. The zero-order valence-electron chi connectivity index (χ0n) is 13.3. The normalized spacial score (nSPS) is 10.6. The molecule has 0 atom stereocenters. The summed E-state index contributed by atoms with van der Waals surface area (Å²) in [7, 11) is 0. The van der Waals surface area contributed by atoms with E-state index >= 15 is 0 Å². The molecular weight excluding hydrogens is 344 g/mol. The summed E-state index contributed by atoms with van der Waals surface area (Å²) in [5.74, 6) is 0.585. The molecule has 1 aromatic carbocycles. The minimum Gasteiger partial charge on any atom is -0.339 e. The van der Waals surface area contributed by atoms with Crippen LogP contribution in [0.25, 0.3) is 10.7 Å². The van der Waals surface area contributed by atoms with Crippen molar-refractivity contribution in [3.8, 4) is 10.7 Å². The van der Waals surface area contributed by atoms with Crippen LogP contribution in [0.3, 0.4) is 0 Å². The van der Waals surface area contributed by atoms with E-state index in [1.54, 1.807) is 19.1 Å². The number of nitro groups is 1. The quantitative estimate of drug-likeness (QED) is 0.532. The predicted molar refractivity (Wildman–Crippen MR) is 92.4 cm³/mol. The van der Waals surface area contributed by atoms with E-state index in [1.807, 2.05) is 17.5 Å². The van der Waals surface area contributed by atoms with Gasteiger partial charge in [0.15, 0.2) is 0 Å². The monoisotopic (exact) mass is 358 g/mol. The van der Waals surface area contributed by atoms with Crippen molar-refractivity contribution in [2.45, 2.75) is 19.8 Å². The molecule has 0 bridgehead atoms. The largest absolute Gasteiger partial charge is 0.339 e. The molecule has 2 heterocycles. The lowest BCUT2D eigenvalue weighted by atomic mass is 10.2. The summed E-state index contributed by atoms with van der Waals surface area (Å²) in [5, 5.41) is 19.4. The lowest BCUT2D eigenvalue weighted by Gasteiger charge is -2.05. The number of hydrogen-bond donors (Lipinski definition) is 1. The first-order chi connectivity index (χ1) is 12.0. The van der Waals surface area contributed by atoms with Gasteiger partial charge in [-0.25, -0.2) is 0 Å². The van der Waals surface area contributed by atoms with E-state index in [0.29, 0.717) is 23.0 Å². The number of nitrogens with one attached hydrogen (secondary N) is 1. The fourth-order valence-corrected chi connectivity index (χ4v) is 2.84. The number of carbonyl (C=O) groups is 1. The van der Waals surface area contributed by atoms with Crippen LogP contribution < -0.4 is 5.32 Å². The highest BCUT2D eigenvalue weighted by molar-refractivity contribution is 7.13. The van der Waals surface area contributed by atoms with Crippen LogP contribution in [-0.2, 0) is 11.2 Å². The van der Waals surface area contributed by atoms with Gasteiger partial charge in [0.1, 0.15) is 0 Å². The summed E-state index contributed by atoms with van der Waals surface area (Å²) in [6.45, 7) is 1.64. The van der Waals surface area contributed by atoms with E-state index in [1.165, 1.54) is 17.4 Å². The fraction of sp³-hybridized carbons (Fsp3) is 0.188. The molecule has 1 amide bonds. The Morgan fingerprint density at radius 1 is 1.40 bits per heavy atom. The van der Waals surface area contributed by atoms with E-state index in [0.717, 1.165) is 4.88 Å². The standard InChI is InChI=1S/C16H14N4O4S/c1-10-4-5-11(9-12(10)20(22)23)17-14(21)6-7-15-18-16(19-24-15)13-3-2-8-25-13/h2-5,8-9H,6-7H2,1H3,(H,17,21). The van der Waals surface area contributed by atoms with Crippen LogP contribution in [0, 0.1) is 17.0 Å². The van der Waals surface area contributed by atoms with Crippen molar-refractivity contribution in [1.82, 2.24) is 10.1 Å². The number of amides is 1. The third-order valence-corrected chi connectivity index (χ3v) is 4.33. The van der Waals surface area contributed by atoms with Crippen molar-refractivity contribution < 1.29 is 14.2 Å². The van der Waals surface area contributed by atoms with E-state index in [4.69, 9.17) is 4.52 Å². The molecule has 2 aromatic heterocycles. The van der Waals surface area contributed by atoms with Gasteiger partial charge in [-0.1, -0.05) is 17.3 Å². The van der Waals surface area contributed by atoms with Crippen LogP contribution in [0.2, 0.25) is 0 Å². The minimum absolute atomic E-state index is 0.0321. The van der Waals surface area contributed by atoms with E-state index < -0.39 is 4.92 Å². The molecule has 0 fully saturated rings. The van der Waals surface area contributed by atoms with E-state index in [9.17, 15) is 14.9 Å². The topological polar surface area (TPSA) is 111 Å². The number of nitrogens with zero attached hydrogens (tertiary/aromatic N) is 3. The highest BCUT2D eigenvalue weighted by Gasteiger charge is 2.14. The highest BCUT2D eigenvalue weighted by atomic mass is 32.1. The Hall–Kier alpha value is -3.07. The Morgan fingerprint density at radius 2 is 2.24 bits per heavy atom. The van der Waals surface area contributed by atoms with Gasteiger partial charge in [-0.3, -0.25) is 14.9 Å². The van der Waals surface area contributed by atoms with Crippen LogP contribution in [0.1, 0.15) is 17.9 Å². The molecule has 0 aliphatic heterocycles. The average molecular weight is 358 g/mol. The fourth-order valence-electron chi connectivity index (χ4n) is 2.19. The summed E-state index contributed by atoms with van der Waals surface area (Å²) in [6.07, 6.45) is 0.423. The summed E-state index contributed by atoms with van der Waals surface area (Å²) >= 11 is 1.50. The third kappa shape index (κ3) is 4.07. The molecule has 9 heteroatoms. The summed E-state index contributed by atoms with van der Waals surface area (Å²) < 4.78 is 5.13. The molecule has 3 rings (SSSR count). The summed E-state index contributed by atoms with van der Waals surface area (Å²) in [4.78, 5) is 27.6. The maximum Gasteiger partial charge on any atom is 0.274 e. The third-order valence-electron chi connectivity index (χ3n) is 3.47. The maximum absolute atomic E-state index is 12.0. The Balaban J connectivity index is 1.58. The Labute approximate surface area is 146 Å². The molecule has 0 aliphatic carbocycles. The van der Waals surface area contributed by atoms with Gasteiger partial charge in [0.25, 0.3) is 5.69 Å². The maximum atomic E-state index is 12.0. The van der Waals surface area contributed by atoms with Gasteiger partial charge >= 0.3 is 0 Å². The SMILES string of the molecule is Cc1ccc(NC(=O)CCc2nc(-c3cccs3)no2)cc1[N+](=O)[O-]. The number of rotatable bonds is 6. The molecule has 0 aliphatic rings. The Kier molecular flexibility index (Phi) is 4.85. The zero-order valence-corrected chi connectivity index (χ0v) is 14.1. The van der Waals surface area contributed by atoms with Crippen LogP contribution in [0.15, 0.2) is 40.2 Å². The Bertz CT molecular complexity index is 905. The van der Waals surface area contributed by atoms with Crippen molar-refractivity contribution in [2.75, 3.05) is 5.32 Å². The van der Waals surface area contributed by atoms with Gasteiger partial charge < -0.3 is 9.84 Å². The van der Waals surface area contributed by atoms with Crippen molar-refractivity contribution in [3.05, 3.63) is 57.3 Å². The smallest absolute Gasteiger partial charge is 0.274 e. The first-order valence-corrected chi connectivity index (χ1v) is 8.32. The minimum atomic E-state index is -0.477. The van der Waals surface area contributed by atoms with Crippen molar-refractivity contribution >= 4 is 28.6 Å². The lowest BCUT2D eigenvalue weighted by molar-refractivity contribution is -0.385. The molecule has 8 nitrogen and oxygen atoms in total. The molecule has 0 radical (unpaired) electrons. The number of hydrogen-bond acceptors (Lipinski definition) is 7. The van der Waals surface area contributed by atoms with Gasteiger partial charge in [0.2, 0.25) is 17.6 Å². The Morgan fingerprint density at radius 3 is 2.96 bits per heavy atom. The van der Waals surface area contributed by atoms with Gasteiger partial charge in [-0.05, 0) is 24.4 Å². The van der Waals surface area contributed by atoms with Gasteiger partial charge in [0, 0.05) is 30.2 Å². The number of aryl methyl sites for hydroxylation is 2. The van der Waals surface area contributed by atoms with Crippen LogP contribution in [-0.4, -0.2) is 21.0 Å². The number of benzene rings is 1. The van der Waals surface area contributed by atoms with E-state index in [2.05, 4.69) is 15.5 Å². The number of carbonyl (C=O) groups excluding carboxylic acids is 1. The van der Waals surface area contributed by atoms with Crippen LogP contribution >= 0.6 is 11.3 Å². The second kappa shape index (κ2) is 7.22. The van der Waals surface area contributed by atoms with Crippen molar-refractivity contribution in [3.63, 3.8) is 0 Å². The number of thiophene rings is 1. The molecule has 0 spiro atoms. The molecule has 1 N–H and O–H groups in total. The van der Waals surface area contributed by atoms with Gasteiger partial charge in [-0.15, -0.1) is 11.3 Å². The lowest BCUT2D eigenvalue weighted by Crippen LogP contribution is -2.12. The van der Waals surface area contributed by atoms with E-state index in [-0.39, 0.29) is 24.4 Å². The molecular formula is C16H14N4O4S. The number of aromatic nitrogens is 2. The van der Waals surface area contributed by atoms with Crippen LogP contribution in [0.4, 0.5) is 11.4 Å². The van der Waals surface area contributed by atoms with Gasteiger partial charge in [0.05, 0.1) is 9.80 Å². The second-order valence-corrected chi connectivity index (χ2v) is 6.24. The first-order valence-electron chi connectivity index (χ1n) is 7.44. The molecule has 25 heavy (non-hydrogen) atoms. The molecule has 128 valence electrons.